The zero-order valence-electron chi connectivity index (χ0n) is 10.8. The monoisotopic (exact) mass is 297 g/mol. The molecule has 0 bridgehead atoms. The number of rotatable bonds is 2. The Balaban J connectivity index is 2.56. The lowest BCUT2D eigenvalue weighted by Gasteiger charge is -2.12. The van der Waals surface area contributed by atoms with E-state index in [1.54, 1.807) is 0 Å². The molecule has 2 N–H and O–H groups in total. The number of aromatic amines is 1. The van der Waals surface area contributed by atoms with Gasteiger partial charge in [-0.15, -0.1) is 0 Å². The highest BCUT2D eigenvalue weighted by Gasteiger charge is 2.32. The van der Waals surface area contributed by atoms with Crippen LogP contribution in [0.2, 0.25) is 0 Å². The predicted octanol–water partition coefficient (Wildman–Crippen LogP) is 3.07. The second-order valence-electron chi connectivity index (χ2n) is 4.45. The van der Waals surface area contributed by atoms with E-state index in [4.69, 9.17) is 5.11 Å². The van der Waals surface area contributed by atoms with Crippen LogP contribution in [0.4, 0.5) is 13.2 Å². The number of alkyl halides is 3. The van der Waals surface area contributed by atoms with Crippen molar-refractivity contribution in [2.24, 2.45) is 0 Å². The lowest BCUT2D eigenvalue weighted by Crippen LogP contribution is -2.17. The van der Waals surface area contributed by atoms with Crippen LogP contribution < -0.4 is 5.56 Å². The Labute approximate surface area is 116 Å². The summed E-state index contributed by atoms with van der Waals surface area (Å²) >= 11 is 0. The number of halogens is 3. The molecule has 110 valence electrons. The van der Waals surface area contributed by atoms with Crippen LogP contribution in [0.5, 0.6) is 0 Å². The van der Waals surface area contributed by atoms with Crippen LogP contribution in [0.15, 0.2) is 35.1 Å². The van der Waals surface area contributed by atoms with Crippen molar-refractivity contribution in [2.45, 2.75) is 13.1 Å². The number of hydrogen-bond donors (Lipinski definition) is 2. The molecule has 0 fully saturated rings. The van der Waals surface area contributed by atoms with Crippen molar-refractivity contribution < 1.29 is 23.1 Å². The van der Waals surface area contributed by atoms with E-state index in [9.17, 15) is 22.8 Å². The summed E-state index contributed by atoms with van der Waals surface area (Å²) in [6.07, 6.45) is -4.50. The van der Waals surface area contributed by atoms with Crippen molar-refractivity contribution in [3.8, 4) is 11.3 Å². The van der Waals surface area contributed by atoms with Gasteiger partial charge in [0.25, 0.3) is 5.56 Å². The van der Waals surface area contributed by atoms with E-state index < -0.39 is 28.8 Å². The maximum Gasteiger partial charge on any atom is 0.416 e. The number of carboxylic acids is 1. The number of carboxylic acid groups (broad SMARTS) is 1. The van der Waals surface area contributed by atoms with Crippen molar-refractivity contribution in [3.05, 3.63) is 57.4 Å². The Morgan fingerprint density at radius 3 is 2.38 bits per heavy atom. The standard InChI is InChI=1S/C14H10F3NO3/c1-7-2-3-8(6-10(7)14(15,16)17)11-5-4-9(13(20)21)12(19)18-11/h2-6H,1H3,(H,18,19)(H,20,21). The fourth-order valence-corrected chi connectivity index (χ4v) is 1.91. The first-order valence-corrected chi connectivity index (χ1v) is 5.85. The van der Waals surface area contributed by atoms with Crippen LogP contribution >= 0.6 is 0 Å². The summed E-state index contributed by atoms with van der Waals surface area (Å²) in [5.74, 6) is -1.40. The summed E-state index contributed by atoms with van der Waals surface area (Å²) in [5.41, 5.74) is -1.80. The van der Waals surface area contributed by atoms with Gasteiger partial charge in [0, 0.05) is 5.69 Å². The number of nitrogens with one attached hydrogen (secondary N) is 1. The Hall–Kier alpha value is -2.57. The molecule has 0 saturated carbocycles. The third-order valence-corrected chi connectivity index (χ3v) is 2.99. The highest BCUT2D eigenvalue weighted by atomic mass is 19.4. The van der Waals surface area contributed by atoms with Crippen LogP contribution in [0.1, 0.15) is 21.5 Å². The van der Waals surface area contributed by atoms with E-state index in [-0.39, 0.29) is 16.8 Å². The second kappa shape index (κ2) is 5.08. The van der Waals surface area contributed by atoms with Crippen molar-refractivity contribution in [1.82, 2.24) is 4.98 Å². The number of hydrogen-bond acceptors (Lipinski definition) is 2. The second-order valence-corrected chi connectivity index (χ2v) is 4.45. The van der Waals surface area contributed by atoms with Crippen LogP contribution in [0.3, 0.4) is 0 Å². The van der Waals surface area contributed by atoms with Gasteiger partial charge in [-0.05, 0) is 36.2 Å². The van der Waals surface area contributed by atoms with Crippen LogP contribution in [0, 0.1) is 6.92 Å². The Morgan fingerprint density at radius 2 is 1.86 bits per heavy atom. The van der Waals surface area contributed by atoms with E-state index in [1.807, 2.05) is 0 Å². The molecule has 0 unspecified atom stereocenters. The Bertz CT molecular complexity index is 763. The first-order chi connectivity index (χ1) is 9.70. The number of benzene rings is 1. The molecule has 1 heterocycles. The molecule has 4 nitrogen and oxygen atoms in total. The topological polar surface area (TPSA) is 70.2 Å². The molecular weight excluding hydrogens is 287 g/mol. The van der Waals surface area contributed by atoms with Gasteiger partial charge >= 0.3 is 12.1 Å². The molecule has 1 aromatic carbocycles. The van der Waals surface area contributed by atoms with Gasteiger partial charge in [-0.25, -0.2) is 4.79 Å². The molecule has 21 heavy (non-hydrogen) atoms. The summed E-state index contributed by atoms with van der Waals surface area (Å²) in [6.45, 7) is 1.34. The highest BCUT2D eigenvalue weighted by Crippen LogP contribution is 2.34. The smallest absolute Gasteiger partial charge is 0.416 e. The largest absolute Gasteiger partial charge is 0.477 e. The molecule has 0 spiro atoms. The number of aromatic nitrogens is 1. The van der Waals surface area contributed by atoms with Gasteiger partial charge in [-0.1, -0.05) is 12.1 Å². The molecule has 7 heteroatoms. The molecule has 0 aliphatic carbocycles. The fraction of sp³-hybridized carbons (Fsp3) is 0.143. The first kappa shape index (κ1) is 14.8. The minimum Gasteiger partial charge on any atom is -0.477 e. The van der Waals surface area contributed by atoms with Gasteiger partial charge in [-0.2, -0.15) is 13.2 Å². The van der Waals surface area contributed by atoms with Crippen LogP contribution in [-0.2, 0) is 6.18 Å². The first-order valence-electron chi connectivity index (χ1n) is 5.85. The zero-order valence-corrected chi connectivity index (χ0v) is 10.8. The van der Waals surface area contributed by atoms with E-state index in [0.29, 0.717) is 0 Å². The van der Waals surface area contributed by atoms with E-state index >= 15 is 0 Å². The summed E-state index contributed by atoms with van der Waals surface area (Å²) in [4.78, 5) is 24.5. The summed E-state index contributed by atoms with van der Waals surface area (Å²) < 4.78 is 38.5. The highest BCUT2D eigenvalue weighted by molar-refractivity contribution is 5.87. The molecule has 0 radical (unpaired) electrons. The van der Waals surface area contributed by atoms with E-state index in [1.165, 1.54) is 25.1 Å². The van der Waals surface area contributed by atoms with Crippen molar-refractivity contribution >= 4 is 5.97 Å². The molecule has 0 aliphatic heterocycles. The molecule has 1 aromatic heterocycles. The summed E-state index contributed by atoms with van der Waals surface area (Å²) in [6, 6.07) is 5.96. The number of aryl methyl sites for hydroxylation is 1. The van der Waals surface area contributed by atoms with Gasteiger partial charge in [0.1, 0.15) is 5.56 Å². The summed E-state index contributed by atoms with van der Waals surface area (Å²) in [5, 5.41) is 8.75. The quantitative estimate of drug-likeness (QED) is 0.895. The molecule has 2 aromatic rings. The maximum atomic E-state index is 12.8. The van der Waals surface area contributed by atoms with Gasteiger partial charge in [0.15, 0.2) is 0 Å². The minimum absolute atomic E-state index is 0.0655. The third kappa shape index (κ3) is 2.96. The minimum atomic E-state index is -4.50. The molecule has 0 amide bonds. The van der Waals surface area contributed by atoms with Crippen LogP contribution in [0.25, 0.3) is 11.3 Å². The normalized spacial score (nSPS) is 11.4. The fourth-order valence-electron chi connectivity index (χ4n) is 1.91. The average molecular weight is 297 g/mol. The van der Waals surface area contributed by atoms with Crippen molar-refractivity contribution in [3.63, 3.8) is 0 Å². The number of aromatic carboxylic acids is 1. The molecule has 0 saturated heterocycles. The van der Waals surface area contributed by atoms with E-state index in [2.05, 4.69) is 4.98 Å². The van der Waals surface area contributed by atoms with Crippen molar-refractivity contribution in [2.75, 3.05) is 0 Å². The molecule has 0 atom stereocenters. The number of pyridine rings is 1. The predicted molar refractivity (Wildman–Crippen MR) is 69.2 cm³/mol. The Morgan fingerprint density at radius 1 is 1.19 bits per heavy atom. The lowest BCUT2D eigenvalue weighted by molar-refractivity contribution is -0.138. The zero-order chi connectivity index (χ0) is 15.8. The number of H-pyrrole nitrogens is 1. The van der Waals surface area contributed by atoms with Crippen LogP contribution in [-0.4, -0.2) is 16.1 Å². The van der Waals surface area contributed by atoms with Gasteiger partial charge in [-0.3, -0.25) is 4.79 Å². The Kier molecular flexibility index (Phi) is 3.59. The lowest BCUT2D eigenvalue weighted by atomic mass is 10.0. The third-order valence-electron chi connectivity index (χ3n) is 2.99. The SMILES string of the molecule is Cc1ccc(-c2ccc(C(=O)O)c(=O)[nH]2)cc1C(F)(F)F. The van der Waals surface area contributed by atoms with Gasteiger partial charge in [0.2, 0.25) is 0 Å². The molecule has 0 aliphatic rings. The van der Waals surface area contributed by atoms with Gasteiger partial charge in [0.05, 0.1) is 5.56 Å². The van der Waals surface area contributed by atoms with Crippen molar-refractivity contribution in [1.29, 1.82) is 0 Å². The number of carbonyl (C=O) groups is 1. The average Bonchev–Trinajstić information content (AvgIpc) is 2.37. The molecule has 2 rings (SSSR count). The van der Waals surface area contributed by atoms with E-state index in [0.717, 1.165) is 12.1 Å². The maximum absolute atomic E-state index is 12.8. The molecular formula is C14H10F3NO3. The summed E-state index contributed by atoms with van der Waals surface area (Å²) in [7, 11) is 0. The van der Waals surface area contributed by atoms with Gasteiger partial charge < -0.3 is 10.1 Å².